The van der Waals surface area contributed by atoms with Crippen LogP contribution in [0, 0.1) is 6.92 Å². The van der Waals surface area contributed by atoms with Gasteiger partial charge in [-0.3, -0.25) is 0 Å². The number of aromatic carboxylic acids is 1. The van der Waals surface area contributed by atoms with Crippen molar-refractivity contribution in [2.24, 2.45) is 0 Å². The average Bonchev–Trinajstić information content (AvgIpc) is 2.66. The van der Waals surface area contributed by atoms with Crippen molar-refractivity contribution in [3.05, 3.63) is 28.8 Å². The van der Waals surface area contributed by atoms with Crippen LogP contribution in [0.4, 0.5) is 5.69 Å². The van der Waals surface area contributed by atoms with Crippen LogP contribution in [0.25, 0.3) is 0 Å². The summed E-state index contributed by atoms with van der Waals surface area (Å²) in [5, 5.41) is 17.7. The van der Waals surface area contributed by atoms with Gasteiger partial charge in [-0.1, -0.05) is 23.1 Å². The summed E-state index contributed by atoms with van der Waals surface area (Å²) in [4.78, 5) is 11.7. The van der Waals surface area contributed by atoms with E-state index in [2.05, 4.69) is 10.2 Å². The molecule has 2 aromatic rings. The van der Waals surface area contributed by atoms with Crippen LogP contribution in [0.3, 0.4) is 0 Å². The second-order valence-electron chi connectivity index (χ2n) is 3.25. The molecule has 7 heteroatoms. The second-order valence-corrected chi connectivity index (χ2v) is 5.72. The van der Waals surface area contributed by atoms with Crippen molar-refractivity contribution in [3.8, 4) is 0 Å². The SMILES string of the molecule is Cc1nnc(Sc2ccc(N)cc2C(=O)O)s1. The summed E-state index contributed by atoms with van der Waals surface area (Å²) in [6.45, 7) is 1.85. The number of rotatable bonds is 3. The minimum absolute atomic E-state index is 0.183. The lowest BCUT2D eigenvalue weighted by Crippen LogP contribution is -2.00. The van der Waals surface area contributed by atoms with Crippen molar-refractivity contribution in [1.82, 2.24) is 10.2 Å². The Bertz CT molecular complexity index is 568. The van der Waals surface area contributed by atoms with Crippen molar-refractivity contribution in [2.75, 3.05) is 5.73 Å². The number of aromatic nitrogens is 2. The minimum atomic E-state index is -0.999. The van der Waals surface area contributed by atoms with E-state index < -0.39 is 5.97 Å². The number of aryl methyl sites for hydroxylation is 1. The summed E-state index contributed by atoms with van der Waals surface area (Å²) in [5.74, 6) is -0.999. The molecule has 1 aromatic carbocycles. The number of carbonyl (C=O) groups is 1. The summed E-state index contributed by atoms with van der Waals surface area (Å²) < 4.78 is 0.717. The highest BCUT2D eigenvalue weighted by molar-refractivity contribution is 8.01. The summed E-state index contributed by atoms with van der Waals surface area (Å²) >= 11 is 2.70. The fourth-order valence-corrected chi connectivity index (χ4v) is 3.09. The highest BCUT2D eigenvalue weighted by Gasteiger charge is 2.13. The third-order valence-corrected chi connectivity index (χ3v) is 3.90. The molecule has 88 valence electrons. The zero-order chi connectivity index (χ0) is 12.4. The Hall–Kier alpha value is -1.60. The molecule has 2 rings (SSSR count). The Morgan fingerprint density at radius 3 is 2.82 bits per heavy atom. The molecule has 1 aromatic heterocycles. The third-order valence-electron chi connectivity index (χ3n) is 1.94. The van der Waals surface area contributed by atoms with E-state index in [4.69, 9.17) is 10.8 Å². The molecule has 3 N–H and O–H groups in total. The molecule has 17 heavy (non-hydrogen) atoms. The van der Waals surface area contributed by atoms with E-state index in [1.165, 1.54) is 29.2 Å². The summed E-state index contributed by atoms with van der Waals surface area (Å²) in [6, 6.07) is 4.79. The van der Waals surface area contributed by atoms with Gasteiger partial charge in [0.05, 0.1) is 5.56 Å². The summed E-state index contributed by atoms with van der Waals surface area (Å²) in [7, 11) is 0. The first-order valence-electron chi connectivity index (χ1n) is 4.67. The van der Waals surface area contributed by atoms with Crippen LogP contribution in [0.15, 0.2) is 27.4 Å². The number of hydrogen-bond donors (Lipinski definition) is 2. The second kappa shape index (κ2) is 4.72. The lowest BCUT2D eigenvalue weighted by atomic mass is 10.2. The first kappa shape index (κ1) is 11.9. The molecule has 0 atom stereocenters. The molecule has 0 unspecified atom stereocenters. The zero-order valence-electron chi connectivity index (χ0n) is 8.88. The number of hydrogen-bond acceptors (Lipinski definition) is 6. The van der Waals surface area contributed by atoms with Crippen molar-refractivity contribution >= 4 is 34.8 Å². The number of nitrogens with zero attached hydrogens (tertiary/aromatic N) is 2. The van der Waals surface area contributed by atoms with Gasteiger partial charge in [-0.25, -0.2) is 4.79 Å². The Morgan fingerprint density at radius 2 is 2.24 bits per heavy atom. The molecular weight excluding hydrogens is 258 g/mol. The molecule has 0 saturated carbocycles. The molecule has 0 saturated heterocycles. The van der Waals surface area contributed by atoms with E-state index >= 15 is 0 Å². The van der Waals surface area contributed by atoms with Gasteiger partial charge < -0.3 is 10.8 Å². The maximum Gasteiger partial charge on any atom is 0.336 e. The predicted octanol–water partition coefficient (Wildman–Crippen LogP) is 2.28. The van der Waals surface area contributed by atoms with Crippen LogP contribution in [0.5, 0.6) is 0 Å². The van der Waals surface area contributed by atoms with E-state index in [9.17, 15) is 4.79 Å². The number of nitrogens with two attached hydrogens (primary N) is 1. The number of nitrogen functional groups attached to an aromatic ring is 1. The fraction of sp³-hybridized carbons (Fsp3) is 0.100. The van der Waals surface area contributed by atoms with Gasteiger partial charge in [0.1, 0.15) is 5.01 Å². The number of carboxylic acid groups (broad SMARTS) is 1. The molecule has 5 nitrogen and oxygen atoms in total. The highest BCUT2D eigenvalue weighted by atomic mass is 32.2. The van der Waals surface area contributed by atoms with Gasteiger partial charge in [0.25, 0.3) is 0 Å². The monoisotopic (exact) mass is 267 g/mol. The van der Waals surface area contributed by atoms with Gasteiger partial charge in [-0.2, -0.15) is 0 Å². The quantitative estimate of drug-likeness (QED) is 0.829. The van der Waals surface area contributed by atoms with Gasteiger partial charge >= 0.3 is 5.97 Å². The summed E-state index contributed by atoms with van der Waals surface area (Å²) in [5.41, 5.74) is 6.18. The standard InChI is InChI=1S/C10H9N3O2S2/c1-5-12-13-10(16-5)17-8-3-2-6(11)4-7(8)9(14)15/h2-4H,11H2,1H3,(H,14,15). The van der Waals surface area contributed by atoms with Crippen LogP contribution in [-0.2, 0) is 0 Å². The number of benzene rings is 1. The van der Waals surface area contributed by atoms with Gasteiger partial charge in [-0.05, 0) is 25.1 Å². The van der Waals surface area contributed by atoms with Gasteiger partial charge in [0.2, 0.25) is 0 Å². The predicted molar refractivity (Wildman–Crippen MR) is 66.6 cm³/mol. The Kier molecular flexibility index (Phi) is 3.30. The molecule has 0 aliphatic rings. The average molecular weight is 267 g/mol. The number of anilines is 1. The topological polar surface area (TPSA) is 89.1 Å². The molecule has 0 amide bonds. The molecule has 0 spiro atoms. The van der Waals surface area contributed by atoms with Crippen LogP contribution in [-0.4, -0.2) is 21.3 Å². The van der Waals surface area contributed by atoms with E-state index in [1.807, 2.05) is 6.92 Å². The fourth-order valence-electron chi connectivity index (χ4n) is 1.22. The highest BCUT2D eigenvalue weighted by Crippen LogP contribution is 2.33. The van der Waals surface area contributed by atoms with Crippen LogP contribution in [0.1, 0.15) is 15.4 Å². The Labute approximate surface area is 106 Å². The van der Waals surface area contributed by atoms with Crippen molar-refractivity contribution in [1.29, 1.82) is 0 Å². The molecule has 0 aliphatic carbocycles. The molecule has 0 bridgehead atoms. The van der Waals surface area contributed by atoms with Crippen molar-refractivity contribution in [2.45, 2.75) is 16.2 Å². The first-order chi connectivity index (χ1) is 8.06. The first-order valence-corrected chi connectivity index (χ1v) is 6.30. The Balaban J connectivity index is 2.35. The van der Waals surface area contributed by atoms with E-state index in [-0.39, 0.29) is 5.56 Å². The van der Waals surface area contributed by atoms with E-state index in [0.717, 1.165) is 9.35 Å². The lowest BCUT2D eigenvalue weighted by molar-refractivity contribution is 0.0693. The Morgan fingerprint density at radius 1 is 1.47 bits per heavy atom. The van der Waals surface area contributed by atoms with Crippen molar-refractivity contribution in [3.63, 3.8) is 0 Å². The molecule has 0 fully saturated rings. The van der Waals surface area contributed by atoms with Crippen molar-refractivity contribution < 1.29 is 9.90 Å². The molecule has 0 radical (unpaired) electrons. The van der Waals surface area contributed by atoms with E-state index in [0.29, 0.717) is 10.6 Å². The van der Waals surface area contributed by atoms with E-state index in [1.54, 1.807) is 12.1 Å². The van der Waals surface area contributed by atoms with Crippen LogP contribution in [0.2, 0.25) is 0 Å². The zero-order valence-corrected chi connectivity index (χ0v) is 10.5. The molecular formula is C10H9N3O2S2. The lowest BCUT2D eigenvalue weighted by Gasteiger charge is -2.04. The number of carboxylic acids is 1. The normalized spacial score (nSPS) is 10.4. The maximum absolute atomic E-state index is 11.1. The molecule has 0 aliphatic heterocycles. The summed E-state index contributed by atoms with van der Waals surface area (Å²) in [6.07, 6.45) is 0. The van der Waals surface area contributed by atoms with Gasteiger partial charge in [-0.15, -0.1) is 10.2 Å². The van der Waals surface area contributed by atoms with Gasteiger partial charge in [0, 0.05) is 10.6 Å². The third kappa shape index (κ3) is 2.75. The van der Waals surface area contributed by atoms with Crippen LogP contribution >= 0.6 is 23.1 Å². The van der Waals surface area contributed by atoms with Gasteiger partial charge in [0.15, 0.2) is 4.34 Å². The maximum atomic E-state index is 11.1. The largest absolute Gasteiger partial charge is 0.478 e. The smallest absolute Gasteiger partial charge is 0.336 e. The molecule has 1 heterocycles. The van der Waals surface area contributed by atoms with Crippen LogP contribution < -0.4 is 5.73 Å². The minimum Gasteiger partial charge on any atom is -0.478 e.